The van der Waals surface area contributed by atoms with Crippen molar-refractivity contribution >= 4 is 16.0 Å². The van der Waals surface area contributed by atoms with Crippen LogP contribution in [0.2, 0.25) is 0 Å². The highest BCUT2D eigenvalue weighted by molar-refractivity contribution is 7.90. The van der Waals surface area contributed by atoms with Gasteiger partial charge >= 0.3 is 5.97 Å². The maximum atomic E-state index is 11.4. The van der Waals surface area contributed by atoms with Crippen molar-refractivity contribution in [3.8, 4) is 0 Å². The summed E-state index contributed by atoms with van der Waals surface area (Å²) in [7, 11) is -3.14. The molecule has 0 heterocycles. The molecule has 0 saturated carbocycles. The first kappa shape index (κ1) is 17.4. The van der Waals surface area contributed by atoms with E-state index in [9.17, 15) is 13.2 Å². The SMILES string of the molecule is CCOC(=O)CCCCCCNS(=O)(=O)C(C)C. The summed E-state index contributed by atoms with van der Waals surface area (Å²) in [5.74, 6) is -0.155. The molecule has 18 heavy (non-hydrogen) atoms. The molecular formula is C12H25NO4S. The molecule has 0 radical (unpaired) electrons. The second-order valence-corrected chi connectivity index (χ2v) is 6.78. The zero-order valence-corrected chi connectivity index (χ0v) is 12.4. The highest BCUT2D eigenvalue weighted by Gasteiger charge is 2.13. The molecule has 0 unspecified atom stereocenters. The standard InChI is InChI=1S/C12H25NO4S/c1-4-17-12(14)9-7-5-6-8-10-13-18(15,16)11(2)3/h11,13H,4-10H2,1-3H3. The number of nitrogens with one attached hydrogen (secondary N) is 1. The first-order valence-electron chi connectivity index (χ1n) is 6.54. The molecule has 0 aromatic carbocycles. The molecule has 0 aliphatic heterocycles. The molecule has 1 N–H and O–H groups in total. The molecule has 0 amide bonds. The molecule has 5 nitrogen and oxygen atoms in total. The largest absolute Gasteiger partial charge is 0.466 e. The van der Waals surface area contributed by atoms with E-state index in [0.717, 1.165) is 25.7 Å². The van der Waals surface area contributed by atoms with Crippen molar-refractivity contribution in [2.45, 2.75) is 58.1 Å². The minimum Gasteiger partial charge on any atom is -0.466 e. The first-order valence-corrected chi connectivity index (χ1v) is 8.09. The quantitative estimate of drug-likeness (QED) is 0.489. The Labute approximate surface area is 110 Å². The predicted octanol–water partition coefficient (Wildman–Crippen LogP) is 1.83. The van der Waals surface area contributed by atoms with Crippen LogP contribution in [0.15, 0.2) is 0 Å². The van der Waals surface area contributed by atoms with Crippen molar-refractivity contribution in [3.05, 3.63) is 0 Å². The third kappa shape index (κ3) is 8.47. The molecular weight excluding hydrogens is 254 g/mol. The van der Waals surface area contributed by atoms with Crippen LogP contribution in [0, 0.1) is 0 Å². The lowest BCUT2D eigenvalue weighted by Gasteiger charge is -2.09. The Morgan fingerprint density at radius 1 is 1.17 bits per heavy atom. The smallest absolute Gasteiger partial charge is 0.305 e. The van der Waals surface area contributed by atoms with Gasteiger partial charge < -0.3 is 4.74 Å². The van der Waals surface area contributed by atoms with Gasteiger partial charge in [-0.2, -0.15) is 0 Å². The van der Waals surface area contributed by atoms with Gasteiger partial charge in [0.2, 0.25) is 10.0 Å². The molecule has 0 saturated heterocycles. The van der Waals surface area contributed by atoms with E-state index in [2.05, 4.69) is 4.72 Å². The number of carbonyl (C=O) groups is 1. The maximum absolute atomic E-state index is 11.4. The minimum absolute atomic E-state index is 0.155. The van der Waals surface area contributed by atoms with Crippen molar-refractivity contribution in [3.63, 3.8) is 0 Å². The molecule has 0 aliphatic carbocycles. The maximum Gasteiger partial charge on any atom is 0.305 e. The van der Waals surface area contributed by atoms with Crippen molar-refractivity contribution < 1.29 is 17.9 Å². The van der Waals surface area contributed by atoms with Gasteiger partial charge in [0.1, 0.15) is 0 Å². The van der Waals surface area contributed by atoms with Gasteiger partial charge in [0.05, 0.1) is 11.9 Å². The molecule has 0 atom stereocenters. The summed E-state index contributed by atoms with van der Waals surface area (Å²) < 4.78 is 30.2. The average molecular weight is 279 g/mol. The van der Waals surface area contributed by atoms with Gasteiger partial charge in [-0.1, -0.05) is 12.8 Å². The van der Waals surface area contributed by atoms with Crippen LogP contribution in [-0.2, 0) is 19.6 Å². The number of unbranched alkanes of at least 4 members (excludes halogenated alkanes) is 3. The number of carbonyl (C=O) groups excluding carboxylic acids is 1. The Balaban J connectivity index is 3.45. The summed E-state index contributed by atoms with van der Waals surface area (Å²) in [5, 5.41) is -0.388. The molecule has 0 rings (SSSR count). The van der Waals surface area contributed by atoms with Crippen LogP contribution in [0.1, 0.15) is 52.9 Å². The Bertz CT molecular complexity index is 325. The molecule has 6 heteroatoms. The van der Waals surface area contributed by atoms with E-state index in [1.165, 1.54) is 0 Å². The van der Waals surface area contributed by atoms with Crippen LogP contribution < -0.4 is 4.72 Å². The van der Waals surface area contributed by atoms with Gasteiger partial charge in [-0.15, -0.1) is 0 Å². The lowest BCUT2D eigenvalue weighted by molar-refractivity contribution is -0.143. The zero-order valence-electron chi connectivity index (χ0n) is 11.6. The number of sulfonamides is 1. The molecule has 0 bridgehead atoms. The number of esters is 1. The highest BCUT2D eigenvalue weighted by Crippen LogP contribution is 2.04. The van der Waals surface area contributed by atoms with Gasteiger partial charge in [-0.3, -0.25) is 4.79 Å². The summed E-state index contributed by atoms with van der Waals surface area (Å²) in [6.45, 7) is 6.00. The Morgan fingerprint density at radius 3 is 2.33 bits per heavy atom. The fraction of sp³-hybridized carbons (Fsp3) is 0.917. The molecule has 0 aromatic heterocycles. The topological polar surface area (TPSA) is 72.5 Å². The second-order valence-electron chi connectivity index (χ2n) is 4.46. The van der Waals surface area contributed by atoms with Crippen LogP contribution in [0.25, 0.3) is 0 Å². The zero-order chi connectivity index (χ0) is 14.0. The van der Waals surface area contributed by atoms with E-state index in [1.807, 2.05) is 0 Å². The number of ether oxygens (including phenoxy) is 1. The summed E-state index contributed by atoms with van der Waals surface area (Å²) in [5.41, 5.74) is 0. The monoisotopic (exact) mass is 279 g/mol. The van der Waals surface area contributed by atoms with E-state index in [4.69, 9.17) is 4.74 Å². The second kappa shape index (κ2) is 9.33. The van der Waals surface area contributed by atoms with Gasteiger partial charge in [0.25, 0.3) is 0 Å². The van der Waals surface area contributed by atoms with E-state index in [-0.39, 0.29) is 11.2 Å². The predicted molar refractivity (Wildman–Crippen MR) is 71.8 cm³/mol. The van der Waals surface area contributed by atoms with Gasteiger partial charge in [-0.05, 0) is 33.6 Å². The third-order valence-corrected chi connectivity index (χ3v) is 4.38. The Hall–Kier alpha value is -0.620. The molecule has 0 fully saturated rings. The molecule has 0 aliphatic rings. The average Bonchev–Trinajstić information content (AvgIpc) is 2.27. The summed E-state index contributed by atoms with van der Waals surface area (Å²) in [6.07, 6.45) is 3.89. The van der Waals surface area contributed by atoms with Crippen LogP contribution in [0.3, 0.4) is 0 Å². The lowest BCUT2D eigenvalue weighted by atomic mass is 10.1. The highest BCUT2D eigenvalue weighted by atomic mass is 32.2. The van der Waals surface area contributed by atoms with Gasteiger partial charge in [0, 0.05) is 13.0 Å². The van der Waals surface area contributed by atoms with Crippen molar-refractivity contribution in [2.24, 2.45) is 0 Å². The van der Waals surface area contributed by atoms with Gasteiger partial charge in [-0.25, -0.2) is 13.1 Å². The van der Waals surface area contributed by atoms with Crippen LogP contribution in [0.4, 0.5) is 0 Å². The van der Waals surface area contributed by atoms with E-state index < -0.39 is 10.0 Å². The normalized spacial score (nSPS) is 11.8. The van der Waals surface area contributed by atoms with Crippen molar-refractivity contribution in [1.29, 1.82) is 0 Å². The third-order valence-electron chi connectivity index (χ3n) is 2.54. The molecule has 0 aromatic rings. The molecule has 0 spiro atoms. The van der Waals surface area contributed by atoms with Crippen molar-refractivity contribution in [1.82, 2.24) is 4.72 Å². The minimum atomic E-state index is -3.14. The van der Waals surface area contributed by atoms with Crippen LogP contribution in [-0.4, -0.2) is 32.8 Å². The fourth-order valence-corrected chi connectivity index (χ4v) is 2.12. The van der Waals surface area contributed by atoms with Crippen LogP contribution >= 0.6 is 0 Å². The number of hydrogen-bond acceptors (Lipinski definition) is 4. The van der Waals surface area contributed by atoms with Crippen molar-refractivity contribution in [2.75, 3.05) is 13.2 Å². The Kier molecular flexibility index (Phi) is 9.01. The van der Waals surface area contributed by atoms with E-state index in [1.54, 1.807) is 20.8 Å². The summed E-state index contributed by atoms with van der Waals surface area (Å²) in [4.78, 5) is 11.0. The van der Waals surface area contributed by atoms with E-state index >= 15 is 0 Å². The van der Waals surface area contributed by atoms with Gasteiger partial charge in [0.15, 0.2) is 0 Å². The summed E-state index contributed by atoms with van der Waals surface area (Å²) in [6, 6.07) is 0. The van der Waals surface area contributed by atoms with E-state index in [0.29, 0.717) is 19.6 Å². The number of hydrogen-bond donors (Lipinski definition) is 1. The molecule has 108 valence electrons. The Morgan fingerprint density at radius 2 is 1.78 bits per heavy atom. The lowest BCUT2D eigenvalue weighted by Crippen LogP contribution is -2.31. The fourth-order valence-electron chi connectivity index (χ4n) is 1.36. The van der Waals surface area contributed by atoms with Crippen LogP contribution in [0.5, 0.6) is 0 Å². The first-order chi connectivity index (χ1) is 8.40. The number of rotatable bonds is 10. The summed E-state index contributed by atoms with van der Waals surface area (Å²) >= 11 is 0.